The highest BCUT2D eigenvalue weighted by molar-refractivity contribution is 7.17. The number of nitriles is 1. The van der Waals surface area contributed by atoms with Crippen LogP contribution in [-0.4, -0.2) is 20.3 Å². The van der Waals surface area contributed by atoms with Crippen LogP contribution < -0.4 is 5.32 Å². The largest absolute Gasteiger partial charge is 0.370 e. The topological polar surface area (TPSA) is 66.5 Å². The third-order valence-corrected chi connectivity index (χ3v) is 4.99. The van der Waals surface area contributed by atoms with Gasteiger partial charge in [-0.1, -0.05) is 0 Å². The second-order valence-corrected chi connectivity index (χ2v) is 6.90. The molecule has 1 N–H and O–H groups in total. The summed E-state index contributed by atoms with van der Waals surface area (Å²) < 4.78 is 2.90. The number of dihydropyridines is 1. The van der Waals surface area contributed by atoms with E-state index in [0.717, 1.165) is 32.6 Å². The summed E-state index contributed by atoms with van der Waals surface area (Å²) in [6.07, 6.45) is 9.53. The molecule has 0 radical (unpaired) electrons. The van der Waals surface area contributed by atoms with Crippen LogP contribution in [0.25, 0.3) is 27.0 Å². The molecule has 0 bridgehead atoms. The monoisotopic (exact) mass is 333 g/mol. The van der Waals surface area contributed by atoms with Crippen LogP contribution in [0, 0.1) is 11.3 Å². The maximum atomic E-state index is 9.36. The second-order valence-electron chi connectivity index (χ2n) is 5.99. The normalized spacial score (nSPS) is 19.8. The first-order valence-electron chi connectivity index (χ1n) is 7.54. The molecule has 0 fully saturated rings. The SMILES string of the molecule is Cn1cc(-c2ccc3scc(C4=CC(C)(C#N)NC=C4)c3n2)cn1. The van der Waals surface area contributed by atoms with E-state index in [0.29, 0.717) is 0 Å². The summed E-state index contributed by atoms with van der Waals surface area (Å²) in [4.78, 5) is 4.85. The Balaban J connectivity index is 1.85. The van der Waals surface area contributed by atoms with Crippen LogP contribution in [0.2, 0.25) is 0 Å². The number of aromatic nitrogens is 3. The third kappa shape index (κ3) is 2.39. The molecule has 3 aromatic heterocycles. The molecule has 1 atom stereocenters. The van der Waals surface area contributed by atoms with Crippen LogP contribution in [0.3, 0.4) is 0 Å². The molecular formula is C18H15N5S. The quantitative estimate of drug-likeness (QED) is 0.780. The van der Waals surface area contributed by atoms with E-state index in [4.69, 9.17) is 4.98 Å². The fourth-order valence-corrected chi connectivity index (χ4v) is 3.68. The summed E-state index contributed by atoms with van der Waals surface area (Å²) >= 11 is 1.66. The van der Waals surface area contributed by atoms with Crippen molar-refractivity contribution < 1.29 is 0 Å². The third-order valence-electron chi connectivity index (χ3n) is 4.05. The zero-order valence-electron chi connectivity index (χ0n) is 13.3. The van der Waals surface area contributed by atoms with Crippen molar-refractivity contribution in [3.8, 4) is 17.3 Å². The van der Waals surface area contributed by atoms with Crippen LogP contribution in [0.4, 0.5) is 0 Å². The minimum absolute atomic E-state index is 0.695. The lowest BCUT2D eigenvalue weighted by atomic mass is 9.94. The number of aryl methyl sites for hydroxylation is 1. The lowest BCUT2D eigenvalue weighted by Gasteiger charge is -2.22. The van der Waals surface area contributed by atoms with Crippen LogP contribution in [0.5, 0.6) is 0 Å². The summed E-state index contributed by atoms with van der Waals surface area (Å²) in [5, 5.41) is 18.8. The standard InChI is InChI=1S/C18H15N5S/c1-18(11-19)7-12(5-6-20-18)14-10-24-16-4-3-15(22-17(14)16)13-8-21-23(2)9-13/h3-10,20H,1-2H3. The van der Waals surface area contributed by atoms with E-state index in [1.807, 2.05) is 50.8 Å². The summed E-state index contributed by atoms with van der Waals surface area (Å²) in [7, 11) is 1.89. The van der Waals surface area contributed by atoms with Gasteiger partial charge in [0.25, 0.3) is 0 Å². The molecule has 0 aliphatic carbocycles. The summed E-state index contributed by atoms with van der Waals surface area (Å²) in [6.45, 7) is 1.86. The summed E-state index contributed by atoms with van der Waals surface area (Å²) in [5.74, 6) is 0. The van der Waals surface area contributed by atoms with Gasteiger partial charge >= 0.3 is 0 Å². The minimum atomic E-state index is -0.695. The fourth-order valence-electron chi connectivity index (χ4n) is 2.77. The fraction of sp³-hybridized carbons (Fsp3) is 0.167. The molecule has 4 heterocycles. The molecule has 0 saturated carbocycles. The van der Waals surface area contributed by atoms with E-state index >= 15 is 0 Å². The predicted molar refractivity (Wildman–Crippen MR) is 96.1 cm³/mol. The number of hydrogen-bond acceptors (Lipinski definition) is 5. The lowest BCUT2D eigenvalue weighted by molar-refractivity contribution is 0.628. The highest BCUT2D eigenvalue weighted by Crippen LogP contribution is 2.34. The molecule has 1 unspecified atom stereocenters. The Labute approximate surface area is 143 Å². The van der Waals surface area contributed by atoms with Gasteiger partial charge in [0.2, 0.25) is 0 Å². The molecule has 1 aliphatic heterocycles. The van der Waals surface area contributed by atoms with Gasteiger partial charge in [0.05, 0.1) is 28.2 Å². The molecule has 0 saturated heterocycles. The molecule has 6 heteroatoms. The molecule has 4 rings (SSSR count). The van der Waals surface area contributed by atoms with Gasteiger partial charge in [-0.3, -0.25) is 4.68 Å². The average molecular weight is 333 g/mol. The number of nitrogens with zero attached hydrogens (tertiary/aromatic N) is 4. The zero-order chi connectivity index (χ0) is 16.7. The molecule has 3 aromatic rings. The van der Waals surface area contributed by atoms with E-state index in [1.165, 1.54) is 0 Å². The van der Waals surface area contributed by atoms with Crippen molar-refractivity contribution in [2.45, 2.75) is 12.5 Å². The van der Waals surface area contributed by atoms with Gasteiger partial charge in [-0.25, -0.2) is 4.98 Å². The number of hydrogen-bond donors (Lipinski definition) is 1. The smallest absolute Gasteiger partial charge is 0.141 e. The van der Waals surface area contributed by atoms with Crippen molar-refractivity contribution in [2.75, 3.05) is 0 Å². The van der Waals surface area contributed by atoms with Crippen molar-refractivity contribution in [1.82, 2.24) is 20.1 Å². The van der Waals surface area contributed by atoms with Crippen molar-refractivity contribution >= 4 is 27.1 Å². The second kappa shape index (κ2) is 5.32. The number of allylic oxidation sites excluding steroid dienone is 2. The van der Waals surface area contributed by atoms with Crippen LogP contribution in [0.15, 0.2) is 48.3 Å². The van der Waals surface area contributed by atoms with Gasteiger partial charge in [0, 0.05) is 29.8 Å². The summed E-state index contributed by atoms with van der Waals surface area (Å²) in [5.41, 5.74) is 4.23. The van der Waals surface area contributed by atoms with Crippen LogP contribution >= 0.6 is 11.3 Å². The van der Waals surface area contributed by atoms with Gasteiger partial charge in [0.1, 0.15) is 5.54 Å². The Morgan fingerprint density at radius 3 is 3.00 bits per heavy atom. The molecular weight excluding hydrogens is 318 g/mol. The van der Waals surface area contributed by atoms with Crippen molar-refractivity contribution in [3.05, 3.63) is 53.8 Å². The Morgan fingerprint density at radius 2 is 2.25 bits per heavy atom. The minimum Gasteiger partial charge on any atom is -0.370 e. The van der Waals surface area contributed by atoms with Crippen LogP contribution in [-0.2, 0) is 7.05 Å². The Hall–Kier alpha value is -2.91. The van der Waals surface area contributed by atoms with E-state index in [1.54, 1.807) is 16.0 Å². The predicted octanol–water partition coefficient (Wildman–Crippen LogP) is 3.48. The number of rotatable bonds is 2. The molecule has 5 nitrogen and oxygen atoms in total. The van der Waals surface area contributed by atoms with E-state index < -0.39 is 5.54 Å². The van der Waals surface area contributed by atoms with Gasteiger partial charge in [-0.15, -0.1) is 11.3 Å². The number of thiophene rings is 1. The van der Waals surface area contributed by atoms with Gasteiger partial charge < -0.3 is 5.32 Å². The molecule has 24 heavy (non-hydrogen) atoms. The van der Waals surface area contributed by atoms with Crippen molar-refractivity contribution in [2.24, 2.45) is 7.05 Å². The van der Waals surface area contributed by atoms with Gasteiger partial charge in [-0.05, 0) is 43.0 Å². The molecule has 0 amide bonds. The van der Waals surface area contributed by atoms with Gasteiger partial charge in [-0.2, -0.15) is 10.4 Å². The Kier molecular flexibility index (Phi) is 3.25. The van der Waals surface area contributed by atoms with E-state index in [2.05, 4.69) is 27.9 Å². The van der Waals surface area contributed by atoms with E-state index in [9.17, 15) is 5.26 Å². The Morgan fingerprint density at radius 1 is 1.38 bits per heavy atom. The Bertz CT molecular complexity index is 1030. The lowest BCUT2D eigenvalue weighted by Crippen LogP contribution is -2.36. The zero-order valence-corrected chi connectivity index (χ0v) is 14.1. The highest BCUT2D eigenvalue weighted by Gasteiger charge is 2.23. The summed E-state index contributed by atoms with van der Waals surface area (Å²) in [6, 6.07) is 6.40. The first-order chi connectivity index (χ1) is 11.6. The molecule has 1 aliphatic rings. The first-order valence-corrected chi connectivity index (χ1v) is 8.42. The molecule has 0 aromatic carbocycles. The van der Waals surface area contributed by atoms with Crippen molar-refractivity contribution in [3.63, 3.8) is 0 Å². The number of pyridine rings is 1. The highest BCUT2D eigenvalue weighted by atomic mass is 32.1. The molecule has 0 spiro atoms. The van der Waals surface area contributed by atoms with Gasteiger partial charge in [0.15, 0.2) is 0 Å². The number of fused-ring (bicyclic) bond motifs is 1. The maximum absolute atomic E-state index is 9.36. The number of nitrogens with one attached hydrogen (secondary N) is 1. The van der Waals surface area contributed by atoms with Crippen molar-refractivity contribution in [1.29, 1.82) is 5.26 Å². The van der Waals surface area contributed by atoms with Crippen LogP contribution in [0.1, 0.15) is 12.5 Å². The first kappa shape index (κ1) is 14.7. The maximum Gasteiger partial charge on any atom is 0.141 e. The average Bonchev–Trinajstić information content (AvgIpc) is 3.20. The van der Waals surface area contributed by atoms with E-state index in [-0.39, 0.29) is 0 Å². The molecule has 118 valence electrons.